The summed E-state index contributed by atoms with van der Waals surface area (Å²) in [5.74, 6) is 0.730. The second-order valence-electron chi connectivity index (χ2n) is 2.96. The highest BCUT2D eigenvalue weighted by Crippen LogP contribution is 1.96. The van der Waals surface area contributed by atoms with Gasteiger partial charge in [-0.3, -0.25) is 10.5 Å². The molecule has 0 saturated heterocycles. The molecule has 0 radical (unpaired) electrons. The van der Waals surface area contributed by atoms with Crippen molar-refractivity contribution in [2.24, 2.45) is 0 Å². The van der Waals surface area contributed by atoms with Crippen LogP contribution in [0.4, 0.5) is 5.82 Å². The van der Waals surface area contributed by atoms with Crippen molar-refractivity contribution in [3.63, 3.8) is 0 Å². The highest BCUT2D eigenvalue weighted by atomic mass is 16.1. The van der Waals surface area contributed by atoms with Gasteiger partial charge >= 0.3 is 0 Å². The molecule has 0 fully saturated rings. The van der Waals surface area contributed by atoms with Crippen molar-refractivity contribution in [2.75, 3.05) is 5.73 Å². The minimum absolute atomic E-state index is 0.109. The van der Waals surface area contributed by atoms with Crippen molar-refractivity contribution in [1.29, 1.82) is 0 Å². The Labute approximate surface area is 71.8 Å². The minimum Gasteiger partial charge on any atom is -0.296 e. The molecule has 1 heterocycles. The first kappa shape index (κ1) is 8.71. The number of pyridine rings is 1. The van der Waals surface area contributed by atoms with Gasteiger partial charge in [-0.25, -0.2) is 4.57 Å². The molecular formula is C9H13N2O+. The summed E-state index contributed by atoms with van der Waals surface area (Å²) in [6.45, 7) is 3.87. The van der Waals surface area contributed by atoms with Crippen LogP contribution in [-0.2, 0) is 11.3 Å². The van der Waals surface area contributed by atoms with Gasteiger partial charge in [0, 0.05) is 6.07 Å². The molecule has 0 aliphatic heterocycles. The van der Waals surface area contributed by atoms with Crippen LogP contribution >= 0.6 is 0 Å². The second-order valence-corrected chi connectivity index (χ2v) is 2.96. The van der Waals surface area contributed by atoms with Gasteiger partial charge < -0.3 is 0 Å². The molecule has 3 nitrogen and oxygen atoms in total. The number of nitrogens with zero attached hydrogens (tertiary/aromatic N) is 1. The summed E-state index contributed by atoms with van der Waals surface area (Å²) in [6.07, 6.45) is 1.87. The molecule has 0 aromatic carbocycles. The standard InChI is InChI=1S/C9H12N2O/c1-7-3-4-9(10)11(5-7)6-8(2)12/h3-5,10H,6H2,1-2H3/p+1. The fraction of sp³-hybridized carbons (Fsp3) is 0.333. The topological polar surface area (TPSA) is 47.0 Å². The molecular weight excluding hydrogens is 152 g/mol. The van der Waals surface area contributed by atoms with Crippen molar-refractivity contribution in [2.45, 2.75) is 20.4 Å². The fourth-order valence-corrected chi connectivity index (χ4v) is 1.05. The first-order chi connectivity index (χ1) is 5.59. The largest absolute Gasteiger partial charge is 0.296 e. The van der Waals surface area contributed by atoms with E-state index in [1.54, 1.807) is 17.6 Å². The lowest BCUT2D eigenvalue weighted by atomic mass is 10.3. The van der Waals surface area contributed by atoms with Crippen LogP contribution in [0.2, 0.25) is 0 Å². The maximum Gasteiger partial charge on any atom is 0.272 e. The Bertz CT molecular complexity index is 307. The predicted molar refractivity (Wildman–Crippen MR) is 46.5 cm³/mol. The number of hydrogen-bond acceptors (Lipinski definition) is 2. The molecule has 0 atom stereocenters. The SMILES string of the molecule is CC(=O)C[n+]1cc(C)ccc1N. The summed E-state index contributed by atoms with van der Waals surface area (Å²) in [7, 11) is 0. The molecule has 1 aromatic heterocycles. The van der Waals surface area contributed by atoms with E-state index in [1.165, 1.54) is 0 Å². The van der Waals surface area contributed by atoms with Crippen LogP contribution in [-0.4, -0.2) is 5.78 Å². The lowest BCUT2D eigenvalue weighted by molar-refractivity contribution is -0.670. The Morgan fingerprint density at radius 3 is 2.83 bits per heavy atom. The summed E-state index contributed by atoms with van der Waals surface area (Å²) in [5.41, 5.74) is 6.75. The zero-order valence-electron chi connectivity index (χ0n) is 7.37. The number of rotatable bonds is 2. The van der Waals surface area contributed by atoms with E-state index < -0.39 is 0 Å². The van der Waals surface area contributed by atoms with E-state index in [1.807, 2.05) is 19.2 Å². The Balaban J connectivity index is 2.97. The number of Topliss-reactive ketones (excluding diaryl/α,β-unsaturated/α-hetero) is 1. The first-order valence-electron chi connectivity index (χ1n) is 3.84. The fourth-order valence-electron chi connectivity index (χ4n) is 1.05. The van der Waals surface area contributed by atoms with Gasteiger partial charge in [0.25, 0.3) is 5.82 Å². The highest BCUT2D eigenvalue weighted by molar-refractivity contribution is 5.73. The summed E-state index contributed by atoms with van der Waals surface area (Å²) >= 11 is 0. The van der Waals surface area contributed by atoms with E-state index in [-0.39, 0.29) is 5.78 Å². The number of nitrogens with two attached hydrogens (primary N) is 1. The number of hydrogen-bond donors (Lipinski definition) is 1. The monoisotopic (exact) mass is 165 g/mol. The highest BCUT2D eigenvalue weighted by Gasteiger charge is 2.05. The van der Waals surface area contributed by atoms with E-state index >= 15 is 0 Å². The van der Waals surface area contributed by atoms with Crippen LogP contribution in [0.15, 0.2) is 18.3 Å². The molecule has 0 amide bonds. The second kappa shape index (κ2) is 3.34. The lowest BCUT2D eigenvalue weighted by Crippen LogP contribution is -2.40. The molecule has 1 aromatic rings. The quantitative estimate of drug-likeness (QED) is 0.647. The van der Waals surface area contributed by atoms with Crippen molar-refractivity contribution < 1.29 is 9.36 Å². The third-order valence-electron chi connectivity index (χ3n) is 1.60. The Kier molecular flexibility index (Phi) is 2.43. The number of aromatic nitrogens is 1. The number of aryl methyl sites for hydroxylation is 1. The molecule has 12 heavy (non-hydrogen) atoms. The Morgan fingerprint density at radius 2 is 2.25 bits per heavy atom. The molecule has 0 aliphatic rings. The van der Waals surface area contributed by atoms with Gasteiger partial charge in [0.15, 0.2) is 5.78 Å². The lowest BCUT2D eigenvalue weighted by Gasteiger charge is -2.00. The van der Waals surface area contributed by atoms with Crippen molar-refractivity contribution in [3.05, 3.63) is 23.9 Å². The van der Waals surface area contributed by atoms with E-state index in [0.29, 0.717) is 12.4 Å². The maximum absolute atomic E-state index is 10.8. The van der Waals surface area contributed by atoms with E-state index in [9.17, 15) is 4.79 Å². The molecule has 1 rings (SSSR count). The number of nitrogen functional groups attached to an aromatic ring is 1. The Morgan fingerprint density at radius 1 is 1.58 bits per heavy atom. The van der Waals surface area contributed by atoms with Gasteiger partial charge in [-0.05, 0) is 25.5 Å². The average molecular weight is 165 g/mol. The molecule has 0 unspecified atom stereocenters. The molecule has 3 heteroatoms. The normalized spacial score (nSPS) is 9.83. The summed E-state index contributed by atoms with van der Waals surface area (Å²) < 4.78 is 1.75. The third-order valence-corrected chi connectivity index (χ3v) is 1.60. The third kappa shape index (κ3) is 2.05. The van der Waals surface area contributed by atoms with E-state index in [0.717, 1.165) is 5.56 Å². The average Bonchev–Trinajstić information content (AvgIpc) is 1.96. The number of carbonyl (C=O) groups is 1. The molecule has 2 N–H and O–H groups in total. The maximum atomic E-state index is 10.8. The van der Waals surface area contributed by atoms with E-state index in [4.69, 9.17) is 5.73 Å². The van der Waals surface area contributed by atoms with Crippen molar-refractivity contribution in [3.8, 4) is 0 Å². The summed E-state index contributed by atoms with van der Waals surface area (Å²) in [6, 6.07) is 3.73. The van der Waals surface area contributed by atoms with Crippen LogP contribution < -0.4 is 10.3 Å². The summed E-state index contributed by atoms with van der Waals surface area (Å²) in [5, 5.41) is 0. The molecule has 64 valence electrons. The van der Waals surface area contributed by atoms with Crippen LogP contribution in [0, 0.1) is 6.92 Å². The molecule has 0 spiro atoms. The predicted octanol–water partition coefficient (Wildman–Crippen LogP) is 0.454. The van der Waals surface area contributed by atoms with Crippen molar-refractivity contribution in [1.82, 2.24) is 0 Å². The molecule has 0 saturated carbocycles. The van der Waals surface area contributed by atoms with Gasteiger partial charge in [-0.2, -0.15) is 0 Å². The Hall–Kier alpha value is -1.38. The molecule has 0 aliphatic carbocycles. The van der Waals surface area contributed by atoms with Crippen LogP contribution in [0.3, 0.4) is 0 Å². The zero-order valence-corrected chi connectivity index (χ0v) is 7.37. The summed E-state index contributed by atoms with van der Waals surface area (Å²) in [4.78, 5) is 10.8. The van der Waals surface area contributed by atoms with Crippen molar-refractivity contribution >= 4 is 11.6 Å². The van der Waals surface area contributed by atoms with Crippen LogP contribution in [0.5, 0.6) is 0 Å². The smallest absolute Gasteiger partial charge is 0.272 e. The first-order valence-corrected chi connectivity index (χ1v) is 3.84. The van der Waals surface area contributed by atoms with Gasteiger partial charge in [0.05, 0.1) is 6.20 Å². The number of anilines is 1. The molecule has 0 bridgehead atoms. The number of ketones is 1. The minimum atomic E-state index is 0.109. The zero-order chi connectivity index (χ0) is 9.14. The van der Waals surface area contributed by atoms with Crippen LogP contribution in [0.1, 0.15) is 12.5 Å². The van der Waals surface area contributed by atoms with Crippen LogP contribution in [0.25, 0.3) is 0 Å². The van der Waals surface area contributed by atoms with Gasteiger partial charge in [0.1, 0.15) is 6.54 Å². The van der Waals surface area contributed by atoms with Gasteiger partial charge in [-0.1, -0.05) is 0 Å². The van der Waals surface area contributed by atoms with Gasteiger partial charge in [-0.15, -0.1) is 0 Å². The number of carbonyl (C=O) groups excluding carboxylic acids is 1. The van der Waals surface area contributed by atoms with Gasteiger partial charge in [0.2, 0.25) is 0 Å². The van der Waals surface area contributed by atoms with E-state index in [2.05, 4.69) is 0 Å².